The lowest BCUT2D eigenvalue weighted by molar-refractivity contribution is -0.140. The van der Waals surface area contributed by atoms with Crippen LogP contribution in [0.5, 0.6) is 0 Å². The van der Waals surface area contributed by atoms with Crippen molar-refractivity contribution in [3.05, 3.63) is 24.0 Å². The second kappa shape index (κ2) is 4.16. The Labute approximate surface area is 101 Å². The highest BCUT2D eigenvalue weighted by molar-refractivity contribution is 5.79. The van der Waals surface area contributed by atoms with Gasteiger partial charge in [-0.1, -0.05) is 0 Å². The van der Waals surface area contributed by atoms with E-state index in [-0.39, 0.29) is 5.82 Å². The minimum absolute atomic E-state index is 0.0204. The molecule has 18 heavy (non-hydrogen) atoms. The van der Waals surface area contributed by atoms with Crippen molar-refractivity contribution in [2.24, 2.45) is 0 Å². The predicted octanol–water partition coefficient (Wildman–Crippen LogP) is 2.23. The second-order valence-corrected chi connectivity index (χ2v) is 4.10. The first-order chi connectivity index (χ1) is 8.28. The third kappa shape index (κ3) is 2.40. The Morgan fingerprint density at radius 1 is 1.44 bits per heavy atom. The molecule has 2 aromatic rings. The van der Waals surface area contributed by atoms with Gasteiger partial charge in [-0.15, -0.1) is 0 Å². The molecule has 0 fully saturated rings. The van der Waals surface area contributed by atoms with E-state index in [0.29, 0.717) is 16.7 Å². The monoisotopic (exact) mass is 259 g/mol. The average Bonchev–Trinajstić information content (AvgIpc) is 2.54. The molecular formula is C11H12F3N3O. The van der Waals surface area contributed by atoms with Crippen LogP contribution in [0.1, 0.15) is 18.9 Å². The van der Waals surface area contributed by atoms with Crippen LogP contribution in [0.15, 0.2) is 18.2 Å². The number of hydrogen-bond acceptors (Lipinski definition) is 3. The summed E-state index contributed by atoms with van der Waals surface area (Å²) >= 11 is 0. The van der Waals surface area contributed by atoms with E-state index < -0.39 is 18.8 Å². The van der Waals surface area contributed by atoms with E-state index >= 15 is 0 Å². The Morgan fingerprint density at radius 3 is 2.67 bits per heavy atom. The average molecular weight is 259 g/mol. The molecule has 1 atom stereocenters. The number of nitrogen functional groups attached to an aromatic ring is 1. The molecule has 0 saturated carbocycles. The van der Waals surface area contributed by atoms with Gasteiger partial charge in [-0.05, 0) is 25.1 Å². The van der Waals surface area contributed by atoms with Crippen molar-refractivity contribution >= 4 is 16.7 Å². The molecule has 3 N–H and O–H groups in total. The maximum atomic E-state index is 12.5. The van der Waals surface area contributed by atoms with Gasteiger partial charge < -0.3 is 15.4 Å². The van der Waals surface area contributed by atoms with E-state index in [9.17, 15) is 18.3 Å². The SMILES string of the molecule is CC(O)c1nc2cc(N)ccc2n1CC(F)(F)F. The summed E-state index contributed by atoms with van der Waals surface area (Å²) in [5.41, 5.74) is 6.61. The van der Waals surface area contributed by atoms with Crippen molar-refractivity contribution in [3.8, 4) is 0 Å². The molecular weight excluding hydrogens is 247 g/mol. The second-order valence-electron chi connectivity index (χ2n) is 4.10. The first kappa shape index (κ1) is 12.7. The quantitative estimate of drug-likeness (QED) is 0.813. The molecule has 1 aromatic heterocycles. The molecule has 1 aromatic carbocycles. The molecule has 0 spiro atoms. The maximum Gasteiger partial charge on any atom is 0.406 e. The first-order valence-corrected chi connectivity index (χ1v) is 5.28. The van der Waals surface area contributed by atoms with Gasteiger partial charge in [-0.2, -0.15) is 13.2 Å². The number of halogens is 3. The topological polar surface area (TPSA) is 64.1 Å². The number of nitrogens with zero attached hydrogens (tertiary/aromatic N) is 2. The number of hydrogen-bond donors (Lipinski definition) is 2. The molecule has 0 bridgehead atoms. The van der Waals surface area contributed by atoms with E-state index in [0.717, 1.165) is 4.57 Å². The zero-order valence-corrected chi connectivity index (χ0v) is 9.57. The third-order valence-corrected chi connectivity index (χ3v) is 2.51. The number of fused-ring (bicyclic) bond motifs is 1. The summed E-state index contributed by atoms with van der Waals surface area (Å²) in [5.74, 6) is -0.0204. The molecule has 2 rings (SSSR count). The van der Waals surface area contributed by atoms with Crippen LogP contribution in [0.3, 0.4) is 0 Å². The van der Waals surface area contributed by atoms with Crippen LogP contribution >= 0.6 is 0 Å². The molecule has 0 saturated heterocycles. The van der Waals surface area contributed by atoms with Crippen molar-refractivity contribution in [1.29, 1.82) is 0 Å². The summed E-state index contributed by atoms with van der Waals surface area (Å²) in [6.45, 7) is 0.186. The Bertz CT molecular complexity index is 575. The smallest absolute Gasteiger partial charge is 0.399 e. The van der Waals surface area contributed by atoms with Crippen LogP contribution in [0.4, 0.5) is 18.9 Å². The fourth-order valence-corrected chi connectivity index (χ4v) is 1.83. The van der Waals surface area contributed by atoms with Gasteiger partial charge in [0.25, 0.3) is 0 Å². The molecule has 1 unspecified atom stereocenters. The maximum absolute atomic E-state index is 12.5. The van der Waals surface area contributed by atoms with Gasteiger partial charge in [-0.3, -0.25) is 0 Å². The highest BCUT2D eigenvalue weighted by Crippen LogP contribution is 2.27. The van der Waals surface area contributed by atoms with Gasteiger partial charge in [-0.25, -0.2) is 4.98 Å². The lowest BCUT2D eigenvalue weighted by atomic mass is 10.3. The predicted molar refractivity (Wildman–Crippen MR) is 60.8 cm³/mol. The number of nitrogens with two attached hydrogens (primary N) is 1. The van der Waals surface area contributed by atoms with Gasteiger partial charge in [0.05, 0.1) is 11.0 Å². The van der Waals surface area contributed by atoms with Crippen LogP contribution in [0.25, 0.3) is 11.0 Å². The van der Waals surface area contributed by atoms with Gasteiger partial charge in [0.15, 0.2) is 0 Å². The molecule has 0 aliphatic rings. The van der Waals surface area contributed by atoms with Crippen molar-refractivity contribution in [2.45, 2.75) is 25.7 Å². The van der Waals surface area contributed by atoms with Crippen LogP contribution in [-0.4, -0.2) is 20.8 Å². The van der Waals surface area contributed by atoms with E-state index in [1.54, 1.807) is 0 Å². The fourth-order valence-electron chi connectivity index (χ4n) is 1.83. The molecule has 7 heteroatoms. The van der Waals surface area contributed by atoms with Crippen LogP contribution < -0.4 is 5.73 Å². The lowest BCUT2D eigenvalue weighted by Gasteiger charge is -2.13. The van der Waals surface area contributed by atoms with E-state index in [2.05, 4.69) is 4.98 Å². The van der Waals surface area contributed by atoms with Crippen molar-refractivity contribution in [2.75, 3.05) is 5.73 Å². The summed E-state index contributed by atoms with van der Waals surface area (Å²) in [6.07, 6.45) is -5.46. The number of aliphatic hydroxyl groups is 1. The Hall–Kier alpha value is -1.76. The molecule has 4 nitrogen and oxygen atoms in total. The number of aliphatic hydroxyl groups excluding tert-OH is 1. The summed E-state index contributed by atoms with van der Waals surface area (Å²) in [6, 6.07) is 4.45. The summed E-state index contributed by atoms with van der Waals surface area (Å²) in [4.78, 5) is 3.99. The zero-order valence-electron chi connectivity index (χ0n) is 9.57. The summed E-state index contributed by atoms with van der Waals surface area (Å²) in [5, 5.41) is 9.49. The lowest BCUT2D eigenvalue weighted by Crippen LogP contribution is -2.20. The number of rotatable bonds is 2. The van der Waals surface area contributed by atoms with E-state index in [1.165, 1.54) is 25.1 Å². The Balaban J connectivity index is 2.63. The molecule has 98 valence electrons. The van der Waals surface area contributed by atoms with Gasteiger partial charge in [0, 0.05) is 5.69 Å². The van der Waals surface area contributed by atoms with Gasteiger partial charge in [0.1, 0.15) is 18.5 Å². The highest BCUT2D eigenvalue weighted by atomic mass is 19.4. The summed E-state index contributed by atoms with van der Waals surface area (Å²) in [7, 11) is 0. The number of anilines is 1. The number of imidazole rings is 1. The van der Waals surface area contributed by atoms with Crippen molar-refractivity contribution in [1.82, 2.24) is 9.55 Å². The first-order valence-electron chi connectivity index (χ1n) is 5.28. The van der Waals surface area contributed by atoms with Crippen molar-refractivity contribution in [3.63, 3.8) is 0 Å². The molecule has 1 heterocycles. The van der Waals surface area contributed by atoms with Gasteiger partial charge >= 0.3 is 6.18 Å². The third-order valence-electron chi connectivity index (χ3n) is 2.51. The summed E-state index contributed by atoms with van der Waals surface area (Å²) < 4.78 is 38.5. The standard InChI is InChI=1S/C11H12F3N3O/c1-6(18)10-16-8-4-7(15)2-3-9(8)17(10)5-11(12,13)14/h2-4,6,18H,5,15H2,1H3. The van der Waals surface area contributed by atoms with Crippen LogP contribution in [0, 0.1) is 0 Å². The Kier molecular flexibility index (Phi) is 2.94. The van der Waals surface area contributed by atoms with Crippen molar-refractivity contribution < 1.29 is 18.3 Å². The fraction of sp³-hybridized carbons (Fsp3) is 0.364. The van der Waals surface area contributed by atoms with E-state index in [1.807, 2.05) is 0 Å². The minimum atomic E-state index is -4.38. The number of aromatic nitrogens is 2. The Morgan fingerprint density at radius 2 is 2.11 bits per heavy atom. The number of alkyl halides is 3. The normalized spacial score (nSPS) is 14.1. The highest BCUT2D eigenvalue weighted by Gasteiger charge is 2.31. The van der Waals surface area contributed by atoms with Crippen LogP contribution in [0.2, 0.25) is 0 Å². The largest absolute Gasteiger partial charge is 0.406 e. The molecule has 0 aliphatic carbocycles. The van der Waals surface area contributed by atoms with Gasteiger partial charge in [0.2, 0.25) is 0 Å². The van der Waals surface area contributed by atoms with Crippen LogP contribution in [-0.2, 0) is 6.54 Å². The molecule has 0 radical (unpaired) electrons. The van der Waals surface area contributed by atoms with E-state index in [4.69, 9.17) is 5.73 Å². The zero-order chi connectivity index (χ0) is 13.5. The minimum Gasteiger partial charge on any atom is -0.399 e. The molecule has 0 amide bonds. The molecule has 0 aliphatic heterocycles. The number of benzene rings is 1.